The van der Waals surface area contributed by atoms with Crippen LogP contribution in [-0.2, 0) is 14.4 Å². The Balaban J connectivity index is 2.03. The number of fused-ring (bicyclic) bond motifs is 1. The summed E-state index contributed by atoms with van der Waals surface area (Å²) in [6.07, 6.45) is 5.01. The summed E-state index contributed by atoms with van der Waals surface area (Å²) >= 11 is 0. The molecule has 0 aromatic heterocycles. The molecule has 34 heavy (non-hydrogen) atoms. The number of carbonyl (C=O) groups is 3. The third-order valence-electron chi connectivity index (χ3n) is 8.09. The predicted octanol–water partition coefficient (Wildman–Crippen LogP) is 3.96. The molecule has 0 amide bonds. The molecule has 0 radical (unpaired) electrons. The van der Waals surface area contributed by atoms with Gasteiger partial charge in [-0.15, -0.1) is 0 Å². The Morgan fingerprint density at radius 2 is 1.76 bits per heavy atom. The first-order valence-corrected chi connectivity index (χ1v) is 11.9. The number of ketones is 2. The molecule has 186 valence electrons. The number of carboxylic acid groups (broad SMARTS) is 1. The zero-order chi connectivity index (χ0) is 25.6. The normalized spacial score (nSPS) is 33.7. The van der Waals surface area contributed by atoms with Crippen LogP contribution in [0.1, 0.15) is 73.1 Å². The van der Waals surface area contributed by atoms with Crippen molar-refractivity contribution in [1.29, 1.82) is 0 Å². The van der Waals surface area contributed by atoms with Crippen molar-refractivity contribution in [3.63, 3.8) is 0 Å². The number of hydrogen-bond donors (Lipinski definition) is 4. The Morgan fingerprint density at radius 1 is 1.12 bits per heavy atom. The quantitative estimate of drug-likeness (QED) is 0.191. The Morgan fingerprint density at radius 3 is 2.35 bits per heavy atom. The minimum Gasteiger partial charge on any atom is -0.507 e. The van der Waals surface area contributed by atoms with Gasteiger partial charge in [0.1, 0.15) is 5.76 Å². The molecule has 0 saturated heterocycles. The number of carboxylic acids is 1. The van der Waals surface area contributed by atoms with Crippen LogP contribution in [0.2, 0.25) is 0 Å². The zero-order valence-corrected chi connectivity index (χ0v) is 20.6. The summed E-state index contributed by atoms with van der Waals surface area (Å²) in [5.41, 5.74) is -0.670. The lowest BCUT2D eigenvalue weighted by atomic mass is 9.54. The monoisotopic (exact) mass is 472 g/mol. The van der Waals surface area contributed by atoms with Crippen LogP contribution in [0.15, 0.2) is 45.8 Å². The average Bonchev–Trinajstić information content (AvgIpc) is 3.07. The first kappa shape index (κ1) is 26.1. The van der Waals surface area contributed by atoms with Crippen LogP contribution in [-0.4, -0.2) is 49.7 Å². The number of aliphatic carboxylic acids is 1. The van der Waals surface area contributed by atoms with Crippen molar-refractivity contribution in [1.82, 2.24) is 0 Å². The molecule has 7 heteroatoms. The van der Waals surface area contributed by atoms with E-state index in [4.69, 9.17) is 0 Å². The zero-order valence-electron chi connectivity index (χ0n) is 20.6. The smallest absolute Gasteiger partial charge is 0.331 e. The molecule has 4 N–H and O–H groups in total. The molecule has 3 aliphatic rings. The highest BCUT2D eigenvalue weighted by molar-refractivity contribution is 6.50. The second kappa shape index (κ2) is 9.27. The van der Waals surface area contributed by atoms with Crippen molar-refractivity contribution in [2.75, 3.05) is 0 Å². The summed E-state index contributed by atoms with van der Waals surface area (Å²) in [6.45, 7) is 8.76. The van der Waals surface area contributed by atoms with Gasteiger partial charge in [-0.25, -0.2) is 4.79 Å². The van der Waals surface area contributed by atoms with Crippen LogP contribution >= 0.6 is 0 Å². The van der Waals surface area contributed by atoms with Gasteiger partial charge in [-0.1, -0.05) is 24.6 Å². The van der Waals surface area contributed by atoms with Gasteiger partial charge in [0.05, 0.1) is 11.7 Å². The van der Waals surface area contributed by atoms with Gasteiger partial charge in [0.25, 0.3) is 0 Å². The van der Waals surface area contributed by atoms with E-state index in [2.05, 4.69) is 0 Å². The number of aliphatic hydroxyl groups is 3. The summed E-state index contributed by atoms with van der Waals surface area (Å²) < 4.78 is 0. The summed E-state index contributed by atoms with van der Waals surface area (Å²) in [7, 11) is 0. The Labute approximate surface area is 200 Å². The first-order valence-electron chi connectivity index (χ1n) is 11.9. The lowest BCUT2D eigenvalue weighted by Crippen LogP contribution is -2.53. The standard InChI is InChI=1S/C27H36O7/c1-14(2)8-6-9-16(25(32)33)10-7-12-26(4)17-11-13-27(5,34)19(17)23(30)18-20(26)24(31)22(29)15(3)21(18)28/h8,10,17,19,23,28,30,34H,6-7,9,11-13H2,1-5H3,(H,32,33)/b16-10-/t17-,19-,23+,26+,27?/m0/s1. The van der Waals surface area contributed by atoms with Crippen molar-refractivity contribution < 1.29 is 34.8 Å². The lowest BCUT2D eigenvalue weighted by molar-refractivity contribution is -0.135. The molecule has 0 heterocycles. The van der Waals surface area contributed by atoms with Crippen molar-refractivity contribution in [3.8, 4) is 0 Å². The van der Waals surface area contributed by atoms with E-state index in [0.717, 1.165) is 5.57 Å². The van der Waals surface area contributed by atoms with Gasteiger partial charge in [0.15, 0.2) is 0 Å². The largest absolute Gasteiger partial charge is 0.507 e. The van der Waals surface area contributed by atoms with Gasteiger partial charge < -0.3 is 20.4 Å². The number of rotatable bonds is 7. The second-order valence-corrected chi connectivity index (χ2v) is 10.7. The highest BCUT2D eigenvalue weighted by Gasteiger charge is 2.62. The number of allylic oxidation sites excluding steroid dienone is 5. The van der Waals surface area contributed by atoms with Crippen LogP contribution < -0.4 is 0 Å². The molecule has 1 unspecified atom stereocenters. The highest BCUT2D eigenvalue weighted by atomic mass is 16.4. The van der Waals surface area contributed by atoms with Gasteiger partial charge in [-0.2, -0.15) is 0 Å². The minimum atomic E-state index is -1.27. The van der Waals surface area contributed by atoms with Gasteiger partial charge in [-0.05, 0) is 72.1 Å². The van der Waals surface area contributed by atoms with E-state index < -0.39 is 40.6 Å². The summed E-state index contributed by atoms with van der Waals surface area (Å²) in [5, 5.41) is 42.7. The van der Waals surface area contributed by atoms with Gasteiger partial charge in [0.2, 0.25) is 11.6 Å². The number of aliphatic hydroxyl groups excluding tert-OH is 2. The molecule has 0 aromatic carbocycles. The van der Waals surface area contributed by atoms with Gasteiger partial charge >= 0.3 is 5.97 Å². The molecule has 1 saturated carbocycles. The minimum absolute atomic E-state index is 0.0408. The summed E-state index contributed by atoms with van der Waals surface area (Å²) in [6, 6.07) is 0. The Hall–Kier alpha value is -2.51. The van der Waals surface area contributed by atoms with Crippen LogP contribution in [0.4, 0.5) is 0 Å². The van der Waals surface area contributed by atoms with Crippen LogP contribution in [0, 0.1) is 17.3 Å². The van der Waals surface area contributed by atoms with Crippen LogP contribution in [0.5, 0.6) is 0 Å². The molecule has 0 bridgehead atoms. The lowest BCUT2D eigenvalue weighted by Gasteiger charge is -2.50. The van der Waals surface area contributed by atoms with E-state index in [9.17, 15) is 34.8 Å². The molecule has 3 aliphatic carbocycles. The molecule has 0 aromatic rings. The number of carbonyl (C=O) groups excluding carboxylic acids is 2. The van der Waals surface area contributed by atoms with E-state index >= 15 is 0 Å². The summed E-state index contributed by atoms with van der Waals surface area (Å²) in [4.78, 5) is 37.6. The van der Waals surface area contributed by atoms with E-state index in [1.807, 2.05) is 26.8 Å². The van der Waals surface area contributed by atoms with Crippen molar-refractivity contribution in [3.05, 3.63) is 45.8 Å². The maximum absolute atomic E-state index is 13.2. The van der Waals surface area contributed by atoms with Gasteiger partial charge in [-0.3, -0.25) is 9.59 Å². The predicted molar refractivity (Wildman–Crippen MR) is 127 cm³/mol. The van der Waals surface area contributed by atoms with Crippen LogP contribution in [0.25, 0.3) is 0 Å². The molecule has 1 fully saturated rings. The van der Waals surface area contributed by atoms with E-state index in [1.165, 1.54) is 6.92 Å². The third kappa shape index (κ3) is 4.31. The maximum atomic E-state index is 13.2. The molecule has 3 rings (SSSR count). The van der Waals surface area contributed by atoms with Gasteiger partial charge in [0, 0.05) is 33.6 Å². The Bertz CT molecular complexity index is 1040. The average molecular weight is 473 g/mol. The van der Waals surface area contributed by atoms with E-state index in [0.29, 0.717) is 38.5 Å². The molecule has 0 spiro atoms. The SMILES string of the molecule is CC(C)=CCC/C(=C/CC[C@@]1(C)C2=C(C(O)=C(C)C(=O)C2=O)[C@@H](O)[C@@H]2[C@@H]1CCC2(C)O)C(=O)O. The third-order valence-corrected chi connectivity index (χ3v) is 8.09. The second-order valence-electron chi connectivity index (χ2n) is 10.7. The number of hydrogen-bond acceptors (Lipinski definition) is 6. The topological polar surface area (TPSA) is 132 Å². The molecular weight excluding hydrogens is 436 g/mol. The molecule has 5 atom stereocenters. The fourth-order valence-electron chi connectivity index (χ4n) is 6.23. The van der Waals surface area contributed by atoms with Crippen LogP contribution in [0.3, 0.4) is 0 Å². The van der Waals surface area contributed by atoms with Crippen molar-refractivity contribution >= 4 is 17.5 Å². The van der Waals surface area contributed by atoms with Crippen molar-refractivity contribution in [2.45, 2.75) is 84.8 Å². The van der Waals surface area contributed by atoms with E-state index in [1.54, 1.807) is 13.0 Å². The summed E-state index contributed by atoms with van der Waals surface area (Å²) in [5.74, 6) is -3.82. The fraction of sp³-hybridized carbons (Fsp3) is 0.593. The first-order chi connectivity index (χ1) is 15.7. The number of Topliss-reactive ketones (excluding diaryl/α,β-unsaturated/α-hetero) is 2. The van der Waals surface area contributed by atoms with E-state index in [-0.39, 0.29) is 34.0 Å². The molecule has 7 nitrogen and oxygen atoms in total. The highest BCUT2D eigenvalue weighted by Crippen LogP contribution is 2.61. The fourth-order valence-corrected chi connectivity index (χ4v) is 6.23. The Kier molecular flexibility index (Phi) is 7.11. The molecule has 0 aliphatic heterocycles. The maximum Gasteiger partial charge on any atom is 0.331 e. The molecular formula is C27H36O7. The van der Waals surface area contributed by atoms with Crippen molar-refractivity contribution in [2.24, 2.45) is 17.3 Å².